The summed E-state index contributed by atoms with van der Waals surface area (Å²) in [5.41, 5.74) is 4.13. The van der Waals surface area contributed by atoms with Crippen molar-refractivity contribution in [3.8, 4) is 21.8 Å². The molecule has 0 radical (unpaired) electrons. The standard InChI is InChI=1S/C29H25ClFN9OS/c1-29(2,24-16-42-27(35-24)26-18(30)6-5-7-19(26)31)28(41)38-10-11-40-23(14-38)17(12-32-40)22-13-39(37-36-22)15-25-33-20-8-3-4-9-21(20)34-25/h3-9,12-13,16H,10-11,14-15H2,1-2H3,(H,33,34). The van der Waals surface area contributed by atoms with Crippen molar-refractivity contribution < 1.29 is 9.18 Å². The highest BCUT2D eigenvalue weighted by atomic mass is 35.5. The first-order valence-corrected chi connectivity index (χ1v) is 14.6. The summed E-state index contributed by atoms with van der Waals surface area (Å²) in [7, 11) is 0. The van der Waals surface area contributed by atoms with Gasteiger partial charge in [0.15, 0.2) is 0 Å². The summed E-state index contributed by atoms with van der Waals surface area (Å²) in [6, 6.07) is 12.4. The molecule has 0 bridgehead atoms. The predicted octanol–water partition coefficient (Wildman–Crippen LogP) is 5.30. The van der Waals surface area contributed by atoms with E-state index in [-0.39, 0.29) is 16.5 Å². The van der Waals surface area contributed by atoms with E-state index in [9.17, 15) is 9.18 Å². The maximum atomic E-state index is 14.5. The molecule has 10 nitrogen and oxygen atoms in total. The Kier molecular flexibility index (Phi) is 6.39. The van der Waals surface area contributed by atoms with Gasteiger partial charge in [-0.25, -0.2) is 19.0 Å². The fraction of sp³-hybridized carbons (Fsp3) is 0.241. The van der Waals surface area contributed by atoms with Crippen molar-refractivity contribution in [2.75, 3.05) is 6.54 Å². The largest absolute Gasteiger partial charge is 0.340 e. The molecule has 1 N–H and O–H groups in total. The van der Waals surface area contributed by atoms with Crippen molar-refractivity contribution in [3.63, 3.8) is 0 Å². The van der Waals surface area contributed by atoms with Gasteiger partial charge < -0.3 is 9.88 Å². The van der Waals surface area contributed by atoms with Crippen molar-refractivity contribution in [1.29, 1.82) is 0 Å². The van der Waals surface area contributed by atoms with E-state index in [1.54, 1.807) is 28.4 Å². The molecule has 2 aromatic carbocycles. The number of hydrogen-bond donors (Lipinski definition) is 1. The maximum Gasteiger partial charge on any atom is 0.234 e. The molecular weight excluding hydrogens is 577 g/mol. The van der Waals surface area contributed by atoms with Crippen LogP contribution in [0, 0.1) is 5.82 Å². The lowest BCUT2D eigenvalue weighted by Gasteiger charge is -2.34. The van der Waals surface area contributed by atoms with E-state index in [1.165, 1.54) is 17.4 Å². The Morgan fingerprint density at radius 3 is 2.83 bits per heavy atom. The number of amides is 1. The number of nitrogens with zero attached hydrogens (tertiary/aromatic N) is 8. The number of nitrogens with one attached hydrogen (secondary N) is 1. The number of rotatable bonds is 6. The van der Waals surface area contributed by atoms with Crippen LogP contribution in [-0.2, 0) is 29.8 Å². The van der Waals surface area contributed by atoms with Crippen LogP contribution >= 0.6 is 22.9 Å². The van der Waals surface area contributed by atoms with E-state index in [2.05, 4.69) is 30.4 Å². The van der Waals surface area contributed by atoms with Crippen molar-refractivity contribution in [2.24, 2.45) is 0 Å². The molecule has 1 aliphatic heterocycles. The summed E-state index contributed by atoms with van der Waals surface area (Å²) in [4.78, 5) is 28.3. The third kappa shape index (κ3) is 4.56. The quantitative estimate of drug-likeness (QED) is 0.277. The van der Waals surface area contributed by atoms with Gasteiger partial charge in [0.05, 0.1) is 63.9 Å². The number of thiazole rings is 1. The molecular formula is C29H25ClFN9OS. The molecule has 0 spiro atoms. The predicted molar refractivity (Wildman–Crippen MR) is 157 cm³/mol. The Labute approximate surface area is 248 Å². The van der Waals surface area contributed by atoms with Crippen molar-refractivity contribution in [2.45, 2.75) is 38.9 Å². The van der Waals surface area contributed by atoms with E-state index in [1.807, 2.05) is 53.9 Å². The molecule has 0 atom stereocenters. The molecule has 1 amide bonds. The minimum atomic E-state index is -0.940. The highest BCUT2D eigenvalue weighted by Gasteiger charge is 2.38. The number of hydrogen-bond acceptors (Lipinski definition) is 7. The first-order valence-electron chi connectivity index (χ1n) is 13.4. The third-order valence-corrected chi connectivity index (χ3v) is 8.75. The fourth-order valence-corrected chi connectivity index (χ4v) is 6.60. The van der Waals surface area contributed by atoms with E-state index in [0.29, 0.717) is 42.6 Å². The molecule has 7 rings (SSSR count). The van der Waals surface area contributed by atoms with Crippen LogP contribution in [0.5, 0.6) is 0 Å². The van der Waals surface area contributed by atoms with Crippen LogP contribution in [0.1, 0.15) is 31.1 Å². The monoisotopic (exact) mass is 601 g/mol. The van der Waals surface area contributed by atoms with Crippen molar-refractivity contribution in [3.05, 3.63) is 88.3 Å². The zero-order valence-corrected chi connectivity index (χ0v) is 24.3. The molecule has 4 aromatic heterocycles. The number of aromatic amines is 1. The first-order chi connectivity index (χ1) is 20.3. The van der Waals surface area contributed by atoms with Crippen LogP contribution in [-0.4, -0.2) is 57.1 Å². The van der Waals surface area contributed by atoms with E-state index in [4.69, 9.17) is 11.6 Å². The summed E-state index contributed by atoms with van der Waals surface area (Å²) >= 11 is 7.53. The van der Waals surface area contributed by atoms with Gasteiger partial charge in [-0.2, -0.15) is 5.10 Å². The highest BCUT2D eigenvalue weighted by molar-refractivity contribution is 7.13. The third-order valence-electron chi connectivity index (χ3n) is 7.58. The topological polar surface area (TPSA) is 110 Å². The molecule has 212 valence electrons. The van der Waals surface area contributed by atoms with Crippen LogP contribution < -0.4 is 0 Å². The lowest BCUT2D eigenvalue weighted by molar-refractivity contribution is -0.138. The lowest BCUT2D eigenvalue weighted by Crippen LogP contribution is -2.47. The second-order valence-corrected chi connectivity index (χ2v) is 12.0. The molecule has 42 heavy (non-hydrogen) atoms. The average molecular weight is 602 g/mol. The van der Waals surface area contributed by atoms with Crippen LogP contribution in [0.4, 0.5) is 4.39 Å². The van der Waals surface area contributed by atoms with Crippen LogP contribution in [0.3, 0.4) is 0 Å². The number of carbonyl (C=O) groups excluding carboxylic acids is 1. The summed E-state index contributed by atoms with van der Waals surface area (Å²) < 4.78 is 18.2. The van der Waals surface area contributed by atoms with Crippen LogP contribution in [0.25, 0.3) is 32.9 Å². The summed E-state index contributed by atoms with van der Waals surface area (Å²) in [5, 5.41) is 15.8. The molecule has 5 heterocycles. The summed E-state index contributed by atoms with van der Waals surface area (Å²) in [6.07, 6.45) is 3.63. The maximum absolute atomic E-state index is 14.5. The Bertz CT molecular complexity index is 1900. The van der Waals surface area contributed by atoms with Crippen molar-refractivity contribution >= 4 is 39.9 Å². The number of H-pyrrole nitrogens is 1. The zero-order valence-electron chi connectivity index (χ0n) is 22.8. The Balaban J connectivity index is 1.10. The number of carbonyl (C=O) groups is 1. The minimum absolute atomic E-state index is 0.0779. The average Bonchev–Trinajstić information content (AvgIpc) is 3.78. The number of imidazole rings is 1. The number of para-hydroxylation sites is 2. The second-order valence-electron chi connectivity index (χ2n) is 10.7. The van der Waals surface area contributed by atoms with Gasteiger partial charge in [0.2, 0.25) is 5.91 Å². The van der Waals surface area contributed by atoms with Gasteiger partial charge in [-0.15, -0.1) is 16.4 Å². The molecule has 0 aliphatic carbocycles. The van der Waals surface area contributed by atoms with E-state index >= 15 is 0 Å². The van der Waals surface area contributed by atoms with Gasteiger partial charge in [0, 0.05) is 17.5 Å². The molecule has 0 saturated heterocycles. The van der Waals surface area contributed by atoms with Gasteiger partial charge in [-0.3, -0.25) is 9.48 Å². The van der Waals surface area contributed by atoms with Crippen LogP contribution in [0.2, 0.25) is 5.02 Å². The fourth-order valence-electron chi connectivity index (χ4n) is 5.25. The van der Waals surface area contributed by atoms with E-state index < -0.39 is 11.2 Å². The highest BCUT2D eigenvalue weighted by Crippen LogP contribution is 2.37. The SMILES string of the molecule is CC(C)(C(=O)N1CCn2ncc(-c3cn(Cc4nc5ccccc5[nH]4)nn3)c2C1)c1csc(-c2c(F)cccc2Cl)n1. The molecule has 6 aromatic rings. The van der Waals surface area contributed by atoms with Gasteiger partial charge in [0.25, 0.3) is 0 Å². The number of halogens is 2. The first kappa shape index (κ1) is 26.5. The lowest BCUT2D eigenvalue weighted by atomic mass is 9.88. The normalized spacial score (nSPS) is 13.6. The second kappa shape index (κ2) is 10.1. The van der Waals surface area contributed by atoms with Crippen molar-refractivity contribution in [1.82, 2.24) is 44.6 Å². The molecule has 0 saturated carbocycles. The molecule has 0 unspecified atom stereocenters. The Morgan fingerprint density at radius 1 is 1.14 bits per heavy atom. The number of fused-ring (bicyclic) bond motifs is 2. The molecule has 1 aliphatic rings. The zero-order chi connectivity index (χ0) is 29.0. The van der Waals surface area contributed by atoms with Gasteiger partial charge in [-0.05, 0) is 38.1 Å². The Hall–Kier alpha value is -4.42. The minimum Gasteiger partial charge on any atom is -0.340 e. The number of benzene rings is 2. The number of aromatic nitrogens is 8. The summed E-state index contributed by atoms with van der Waals surface area (Å²) in [6.45, 7) is 5.55. The van der Waals surface area contributed by atoms with E-state index in [0.717, 1.165) is 28.1 Å². The smallest absolute Gasteiger partial charge is 0.234 e. The van der Waals surface area contributed by atoms with Gasteiger partial charge in [-0.1, -0.05) is 35.0 Å². The molecule has 0 fully saturated rings. The molecule has 13 heteroatoms. The van der Waals surface area contributed by atoms with Gasteiger partial charge in [0.1, 0.15) is 28.9 Å². The van der Waals surface area contributed by atoms with Crippen LogP contribution in [0.15, 0.2) is 60.2 Å². The summed E-state index contributed by atoms with van der Waals surface area (Å²) in [5.74, 6) is 0.260. The Morgan fingerprint density at radius 2 is 2.00 bits per heavy atom. The van der Waals surface area contributed by atoms with Gasteiger partial charge >= 0.3 is 0 Å².